The molecule has 6 nitrogen and oxygen atoms in total. The van der Waals surface area contributed by atoms with Gasteiger partial charge in [-0.05, 0) is 34.2 Å². The Labute approximate surface area is 164 Å². The molecular formula is C22H24N2O4. The molecule has 0 aromatic heterocycles. The van der Waals surface area contributed by atoms with Gasteiger partial charge < -0.3 is 10.1 Å². The summed E-state index contributed by atoms with van der Waals surface area (Å²) in [5, 5.41) is 2.47. The lowest BCUT2D eigenvalue weighted by Gasteiger charge is -2.19. The van der Waals surface area contributed by atoms with Crippen molar-refractivity contribution in [1.29, 1.82) is 0 Å². The highest BCUT2D eigenvalue weighted by Crippen LogP contribution is 2.22. The average molecular weight is 380 g/mol. The summed E-state index contributed by atoms with van der Waals surface area (Å²) in [6.45, 7) is 6.76. The van der Waals surface area contributed by atoms with E-state index in [1.165, 1.54) is 5.56 Å². The summed E-state index contributed by atoms with van der Waals surface area (Å²) in [5.41, 5.74) is 3.28. The molecule has 0 atom stereocenters. The number of ether oxygens (including phenoxy) is 1. The minimum atomic E-state index is -0.445. The van der Waals surface area contributed by atoms with E-state index in [1.54, 1.807) is 24.3 Å². The molecule has 0 saturated carbocycles. The van der Waals surface area contributed by atoms with Crippen molar-refractivity contribution in [3.8, 4) is 0 Å². The second-order valence-corrected chi connectivity index (χ2v) is 7.86. The third kappa shape index (κ3) is 4.57. The van der Waals surface area contributed by atoms with Gasteiger partial charge in [-0.25, -0.2) is 9.59 Å². The largest absolute Gasteiger partial charge is 0.457 e. The van der Waals surface area contributed by atoms with Crippen LogP contribution in [0.25, 0.3) is 0 Å². The summed E-state index contributed by atoms with van der Waals surface area (Å²) in [6, 6.07) is 14.4. The topological polar surface area (TPSA) is 75.7 Å². The summed E-state index contributed by atoms with van der Waals surface area (Å²) in [5.74, 6) is -0.726. The first-order valence-electron chi connectivity index (χ1n) is 9.18. The van der Waals surface area contributed by atoms with Crippen LogP contribution in [0.15, 0.2) is 48.5 Å². The third-order valence-electron chi connectivity index (χ3n) is 4.63. The van der Waals surface area contributed by atoms with Crippen LogP contribution >= 0.6 is 0 Å². The standard InChI is InChI=1S/C22H24N2O4/c1-22(2,3)18-9-7-15(8-10-18)14-28-20(26)17-6-4-5-16(11-17)13-24-19(25)12-23-21(24)27/h4-11H,12-14H2,1-3H3,(H,23,27). The van der Waals surface area contributed by atoms with Crippen molar-refractivity contribution >= 4 is 17.9 Å². The van der Waals surface area contributed by atoms with Crippen LogP contribution in [-0.2, 0) is 28.1 Å². The molecule has 1 N–H and O–H groups in total. The molecule has 3 rings (SSSR count). The fourth-order valence-corrected chi connectivity index (χ4v) is 2.93. The van der Waals surface area contributed by atoms with E-state index >= 15 is 0 Å². The van der Waals surface area contributed by atoms with Crippen molar-refractivity contribution in [3.63, 3.8) is 0 Å². The second kappa shape index (κ2) is 7.84. The molecule has 2 aromatic carbocycles. The number of carbonyl (C=O) groups excluding carboxylic acids is 3. The van der Waals surface area contributed by atoms with Gasteiger partial charge in [-0.1, -0.05) is 57.2 Å². The number of hydrogen-bond acceptors (Lipinski definition) is 4. The molecule has 0 bridgehead atoms. The zero-order valence-corrected chi connectivity index (χ0v) is 16.3. The van der Waals surface area contributed by atoms with E-state index in [-0.39, 0.29) is 31.0 Å². The molecule has 1 aliphatic rings. The highest BCUT2D eigenvalue weighted by molar-refractivity contribution is 6.01. The van der Waals surface area contributed by atoms with E-state index in [9.17, 15) is 14.4 Å². The molecule has 6 heteroatoms. The monoisotopic (exact) mass is 380 g/mol. The smallest absolute Gasteiger partial charge is 0.338 e. The van der Waals surface area contributed by atoms with Crippen LogP contribution in [0.5, 0.6) is 0 Å². The van der Waals surface area contributed by atoms with Gasteiger partial charge in [0.15, 0.2) is 0 Å². The minimum Gasteiger partial charge on any atom is -0.457 e. The maximum atomic E-state index is 12.4. The van der Waals surface area contributed by atoms with Crippen molar-refractivity contribution in [2.24, 2.45) is 0 Å². The molecule has 1 saturated heterocycles. The van der Waals surface area contributed by atoms with Gasteiger partial charge in [-0.15, -0.1) is 0 Å². The van der Waals surface area contributed by atoms with Gasteiger partial charge in [0.05, 0.1) is 18.7 Å². The molecule has 28 heavy (non-hydrogen) atoms. The average Bonchev–Trinajstić information content (AvgIpc) is 2.98. The van der Waals surface area contributed by atoms with E-state index < -0.39 is 12.0 Å². The Morgan fingerprint density at radius 1 is 1.07 bits per heavy atom. The van der Waals surface area contributed by atoms with Gasteiger partial charge in [0, 0.05) is 0 Å². The van der Waals surface area contributed by atoms with E-state index in [0.29, 0.717) is 11.1 Å². The fourth-order valence-electron chi connectivity index (χ4n) is 2.93. The van der Waals surface area contributed by atoms with E-state index in [2.05, 4.69) is 26.1 Å². The molecule has 0 aliphatic carbocycles. The normalized spacial score (nSPS) is 14.2. The number of hydrogen-bond donors (Lipinski definition) is 1. The Morgan fingerprint density at radius 3 is 2.39 bits per heavy atom. The van der Waals surface area contributed by atoms with Crippen LogP contribution in [0.2, 0.25) is 0 Å². The predicted molar refractivity (Wildman–Crippen MR) is 105 cm³/mol. The number of rotatable bonds is 5. The molecule has 0 spiro atoms. The first kappa shape index (κ1) is 19.6. The number of carbonyl (C=O) groups is 3. The zero-order valence-electron chi connectivity index (χ0n) is 16.3. The SMILES string of the molecule is CC(C)(C)c1ccc(COC(=O)c2cccc(CN3C(=O)CNC3=O)c2)cc1. The van der Waals surface area contributed by atoms with Gasteiger partial charge in [-0.2, -0.15) is 0 Å². The number of nitrogens with zero attached hydrogens (tertiary/aromatic N) is 1. The second-order valence-electron chi connectivity index (χ2n) is 7.86. The Kier molecular flexibility index (Phi) is 5.49. The minimum absolute atomic E-state index is 0.00850. The maximum absolute atomic E-state index is 12.4. The molecule has 1 aliphatic heterocycles. The van der Waals surface area contributed by atoms with Gasteiger partial charge in [0.2, 0.25) is 5.91 Å². The Bertz CT molecular complexity index is 881. The van der Waals surface area contributed by atoms with Crippen molar-refractivity contribution in [2.75, 3.05) is 6.54 Å². The van der Waals surface area contributed by atoms with E-state index in [1.807, 2.05) is 24.3 Å². The van der Waals surface area contributed by atoms with Gasteiger partial charge in [0.25, 0.3) is 0 Å². The lowest BCUT2D eigenvalue weighted by Crippen LogP contribution is -2.30. The van der Waals surface area contributed by atoms with Crippen LogP contribution < -0.4 is 5.32 Å². The molecule has 0 radical (unpaired) electrons. The van der Waals surface area contributed by atoms with Crippen LogP contribution in [0.3, 0.4) is 0 Å². The Balaban J connectivity index is 1.61. The van der Waals surface area contributed by atoms with Crippen LogP contribution in [-0.4, -0.2) is 29.4 Å². The predicted octanol–water partition coefficient (Wildman–Crippen LogP) is 3.39. The first-order valence-corrected chi connectivity index (χ1v) is 9.18. The molecule has 0 unspecified atom stereocenters. The fraction of sp³-hybridized carbons (Fsp3) is 0.318. The number of imide groups is 1. The van der Waals surface area contributed by atoms with Crippen molar-refractivity contribution in [3.05, 3.63) is 70.8 Å². The highest BCUT2D eigenvalue weighted by atomic mass is 16.5. The lowest BCUT2D eigenvalue weighted by molar-refractivity contribution is -0.125. The molecule has 1 heterocycles. The van der Waals surface area contributed by atoms with Crippen molar-refractivity contribution in [2.45, 2.75) is 39.3 Å². The number of urea groups is 1. The zero-order chi connectivity index (χ0) is 20.3. The van der Waals surface area contributed by atoms with Crippen LogP contribution in [0, 0.1) is 0 Å². The van der Waals surface area contributed by atoms with Crippen LogP contribution in [0.1, 0.15) is 47.8 Å². The van der Waals surface area contributed by atoms with Gasteiger partial charge in [-0.3, -0.25) is 9.69 Å². The lowest BCUT2D eigenvalue weighted by atomic mass is 9.87. The molecule has 3 amide bonds. The summed E-state index contributed by atoms with van der Waals surface area (Å²) in [4.78, 5) is 36.9. The van der Waals surface area contributed by atoms with Crippen molar-refractivity contribution in [1.82, 2.24) is 10.2 Å². The quantitative estimate of drug-likeness (QED) is 0.637. The molecule has 146 valence electrons. The maximum Gasteiger partial charge on any atom is 0.338 e. The number of esters is 1. The number of amides is 3. The van der Waals surface area contributed by atoms with E-state index in [4.69, 9.17) is 4.74 Å². The molecular weight excluding hydrogens is 356 g/mol. The third-order valence-corrected chi connectivity index (χ3v) is 4.63. The number of nitrogens with one attached hydrogen (secondary N) is 1. The first-order chi connectivity index (χ1) is 13.2. The summed E-state index contributed by atoms with van der Waals surface area (Å²) < 4.78 is 5.41. The summed E-state index contributed by atoms with van der Waals surface area (Å²) in [7, 11) is 0. The Morgan fingerprint density at radius 2 is 1.79 bits per heavy atom. The highest BCUT2D eigenvalue weighted by Gasteiger charge is 2.28. The summed E-state index contributed by atoms with van der Waals surface area (Å²) in [6.07, 6.45) is 0. The summed E-state index contributed by atoms with van der Waals surface area (Å²) >= 11 is 0. The van der Waals surface area contributed by atoms with E-state index in [0.717, 1.165) is 10.5 Å². The Hall–Kier alpha value is -3.15. The molecule has 2 aromatic rings. The van der Waals surface area contributed by atoms with Crippen molar-refractivity contribution < 1.29 is 19.1 Å². The van der Waals surface area contributed by atoms with Gasteiger partial charge in [0.1, 0.15) is 6.61 Å². The number of benzene rings is 2. The van der Waals surface area contributed by atoms with Crippen LogP contribution in [0.4, 0.5) is 4.79 Å². The van der Waals surface area contributed by atoms with Gasteiger partial charge >= 0.3 is 12.0 Å². The molecule has 1 fully saturated rings.